The molecule has 5 nitrogen and oxygen atoms in total. The van der Waals surface area contributed by atoms with Crippen LogP contribution in [0.25, 0.3) is 0 Å². The molecule has 0 saturated heterocycles. The van der Waals surface area contributed by atoms with Crippen LogP contribution in [-0.4, -0.2) is 31.1 Å². The van der Waals surface area contributed by atoms with E-state index in [4.69, 9.17) is 11.2 Å². The van der Waals surface area contributed by atoms with Crippen molar-refractivity contribution in [3.63, 3.8) is 0 Å². The number of aliphatic imine (C=N–C) groups is 1. The molecule has 0 radical (unpaired) electrons. The Kier molecular flexibility index (Phi) is 7.30. The van der Waals surface area contributed by atoms with Gasteiger partial charge < -0.3 is 15.4 Å². The van der Waals surface area contributed by atoms with Crippen molar-refractivity contribution in [1.82, 2.24) is 15.6 Å². The van der Waals surface area contributed by atoms with Crippen molar-refractivity contribution in [2.45, 2.75) is 26.8 Å². The molecule has 25 heavy (non-hydrogen) atoms. The van der Waals surface area contributed by atoms with Gasteiger partial charge in [-0.2, -0.15) is 0 Å². The Morgan fingerprint density at radius 1 is 1.28 bits per heavy atom. The minimum absolute atomic E-state index is 0.293. The summed E-state index contributed by atoms with van der Waals surface area (Å²) < 4.78 is 5.37. The van der Waals surface area contributed by atoms with Gasteiger partial charge in [0.2, 0.25) is 0 Å². The van der Waals surface area contributed by atoms with Crippen molar-refractivity contribution in [2.75, 3.05) is 20.2 Å². The van der Waals surface area contributed by atoms with Crippen molar-refractivity contribution in [3.05, 3.63) is 45.4 Å². The van der Waals surface area contributed by atoms with E-state index >= 15 is 0 Å². The van der Waals surface area contributed by atoms with Gasteiger partial charge in [0.15, 0.2) is 5.96 Å². The summed E-state index contributed by atoms with van der Waals surface area (Å²) in [7, 11) is 1.77. The summed E-state index contributed by atoms with van der Waals surface area (Å²) in [4.78, 5) is 10.0. The van der Waals surface area contributed by atoms with Crippen LogP contribution >= 0.6 is 11.3 Å². The Bertz CT molecular complexity index is 724. The van der Waals surface area contributed by atoms with Crippen molar-refractivity contribution >= 4 is 17.3 Å². The van der Waals surface area contributed by atoms with E-state index in [-0.39, 0.29) is 0 Å². The molecule has 2 rings (SSSR count). The lowest BCUT2D eigenvalue weighted by Crippen LogP contribution is -2.37. The zero-order valence-electron chi connectivity index (χ0n) is 14.9. The number of guanidine groups is 1. The van der Waals surface area contributed by atoms with Crippen LogP contribution in [0.4, 0.5) is 0 Å². The number of hydrogen-bond donors (Lipinski definition) is 2. The van der Waals surface area contributed by atoms with Gasteiger partial charge in [0.05, 0.1) is 12.2 Å². The number of rotatable bonds is 7. The fourth-order valence-electron chi connectivity index (χ4n) is 2.20. The van der Waals surface area contributed by atoms with Crippen LogP contribution in [0, 0.1) is 26.2 Å². The molecule has 1 aromatic carbocycles. The number of benzene rings is 1. The van der Waals surface area contributed by atoms with Crippen LogP contribution in [0.3, 0.4) is 0 Å². The van der Waals surface area contributed by atoms with Crippen LogP contribution < -0.4 is 15.4 Å². The summed E-state index contributed by atoms with van der Waals surface area (Å²) in [5.74, 6) is 4.03. The summed E-state index contributed by atoms with van der Waals surface area (Å²) in [6, 6.07) is 7.97. The molecular weight excluding hydrogens is 332 g/mol. The highest BCUT2D eigenvalue weighted by Crippen LogP contribution is 2.16. The first-order valence-corrected chi connectivity index (χ1v) is 8.96. The predicted molar refractivity (Wildman–Crippen MR) is 104 cm³/mol. The van der Waals surface area contributed by atoms with Gasteiger partial charge in [-0.15, -0.1) is 17.8 Å². The molecule has 0 aliphatic carbocycles. The SMILES string of the molecule is C#CCOc1ccc(CCNC(=NC)NCc2nc(C)c(C)s2)cc1. The van der Waals surface area contributed by atoms with Crippen LogP contribution in [0.2, 0.25) is 0 Å². The summed E-state index contributed by atoms with van der Waals surface area (Å²) in [6.07, 6.45) is 6.07. The van der Waals surface area contributed by atoms with Crippen LogP contribution in [-0.2, 0) is 13.0 Å². The molecule has 2 N–H and O–H groups in total. The van der Waals surface area contributed by atoms with E-state index in [1.807, 2.05) is 31.2 Å². The fourth-order valence-corrected chi connectivity index (χ4v) is 3.07. The van der Waals surface area contributed by atoms with E-state index < -0.39 is 0 Å². The fraction of sp³-hybridized carbons (Fsp3) is 0.368. The van der Waals surface area contributed by atoms with Gasteiger partial charge in [0.1, 0.15) is 17.4 Å². The van der Waals surface area contributed by atoms with E-state index in [0.29, 0.717) is 13.2 Å². The molecule has 0 saturated carbocycles. The second-order valence-electron chi connectivity index (χ2n) is 5.49. The van der Waals surface area contributed by atoms with Gasteiger partial charge in [0.25, 0.3) is 0 Å². The van der Waals surface area contributed by atoms with E-state index in [0.717, 1.165) is 35.4 Å². The number of nitrogens with zero attached hydrogens (tertiary/aromatic N) is 2. The van der Waals surface area contributed by atoms with Crippen LogP contribution in [0.1, 0.15) is 21.1 Å². The van der Waals surface area contributed by atoms with Crippen LogP contribution in [0.15, 0.2) is 29.3 Å². The first kappa shape index (κ1) is 18.8. The number of terminal acetylenes is 1. The third-order valence-corrected chi connectivity index (χ3v) is 4.73. The lowest BCUT2D eigenvalue weighted by molar-refractivity contribution is 0.370. The molecular formula is C19H24N4OS. The van der Waals surface area contributed by atoms with Crippen molar-refractivity contribution in [3.8, 4) is 18.1 Å². The maximum atomic E-state index is 5.37. The van der Waals surface area contributed by atoms with Crippen molar-refractivity contribution < 1.29 is 4.74 Å². The molecule has 1 heterocycles. The molecule has 132 valence electrons. The number of aromatic nitrogens is 1. The molecule has 0 bridgehead atoms. The second-order valence-corrected chi connectivity index (χ2v) is 6.78. The van der Waals surface area contributed by atoms with Crippen molar-refractivity contribution in [2.24, 2.45) is 4.99 Å². The summed E-state index contributed by atoms with van der Waals surface area (Å²) in [5, 5.41) is 7.68. The Morgan fingerprint density at radius 3 is 2.64 bits per heavy atom. The smallest absolute Gasteiger partial charge is 0.191 e. The summed E-state index contributed by atoms with van der Waals surface area (Å²) >= 11 is 1.71. The predicted octanol–water partition coefficient (Wildman–Crippen LogP) is 2.68. The monoisotopic (exact) mass is 356 g/mol. The molecule has 0 unspecified atom stereocenters. The molecule has 1 aromatic heterocycles. The summed E-state index contributed by atoms with van der Waals surface area (Å²) in [6.45, 7) is 5.89. The average Bonchev–Trinajstić information content (AvgIpc) is 2.95. The molecule has 0 atom stereocenters. The molecule has 2 aromatic rings. The van der Waals surface area contributed by atoms with Gasteiger partial charge in [0, 0.05) is 18.5 Å². The van der Waals surface area contributed by atoms with Gasteiger partial charge in [-0.1, -0.05) is 18.1 Å². The zero-order valence-corrected chi connectivity index (χ0v) is 15.7. The minimum atomic E-state index is 0.293. The molecule has 0 spiro atoms. The Balaban J connectivity index is 1.74. The zero-order chi connectivity index (χ0) is 18.1. The third kappa shape index (κ3) is 6.12. The lowest BCUT2D eigenvalue weighted by Gasteiger charge is -2.11. The topological polar surface area (TPSA) is 58.5 Å². The van der Waals surface area contributed by atoms with Gasteiger partial charge in [-0.25, -0.2) is 4.98 Å². The van der Waals surface area contributed by atoms with Gasteiger partial charge in [-0.3, -0.25) is 4.99 Å². The van der Waals surface area contributed by atoms with E-state index in [2.05, 4.69) is 33.5 Å². The number of thiazole rings is 1. The maximum absolute atomic E-state index is 5.37. The quantitative estimate of drug-likeness (QED) is 0.455. The Morgan fingerprint density at radius 2 is 2.04 bits per heavy atom. The maximum Gasteiger partial charge on any atom is 0.191 e. The molecule has 0 aliphatic rings. The van der Waals surface area contributed by atoms with Gasteiger partial charge >= 0.3 is 0 Å². The Labute approximate surface area is 153 Å². The molecule has 0 fully saturated rings. The second kappa shape index (κ2) is 9.70. The summed E-state index contributed by atoms with van der Waals surface area (Å²) in [5.41, 5.74) is 2.32. The number of nitrogens with one attached hydrogen (secondary N) is 2. The highest BCUT2D eigenvalue weighted by molar-refractivity contribution is 7.11. The number of hydrogen-bond acceptors (Lipinski definition) is 4. The van der Waals surface area contributed by atoms with E-state index in [1.165, 1.54) is 10.4 Å². The molecule has 0 amide bonds. The lowest BCUT2D eigenvalue weighted by atomic mass is 10.1. The molecule has 0 aliphatic heterocycles. The van der Waals surface area contributed by atoms with Gasteiger partial charge in [-0.05, 0) is 38.0 Å². The van der Waals surface area contributed by atoms with Crippen LogP contribution in [0.5, 0.6) is 5.75 Å². The third-order valence-electron chi connectivity index (χ3n) is 3.66. The normalized spacial score (nSPS) is 11.0. The highest BCUT2D eigenvalue weighted by atomic mass is 32.1. The average molecular weight is 356 g/mol. The van der Waals surface area contributed by atoms with E-state index in [1.54, 1.807) is 18.4 Å². The number of ether oxygens (including phenoxy) is 1. The first-order chi connectivity index (χ1) is 12.1. The molecule has 6 heteroatoms. The highest BCUT2D eigenvalue weighted by Gasteiger charge is 2.04. The van der Waals surface area contributed by atoms with Crippen molar-refractivity contribution in [1.29, 1.82) is 0 Å². The first-order valence-electron chi connectivity index (χ1n) is 8.15. The number of aryl methyl sites for hydroxylation is 2. The minimum Gasteiger partial charge on any atom is -0.481 e. The largest absolute Gasteiger partial charge is 0.481 e. The Hall–Kier alpha value is -2.52. The standard InChI is InChI=1S/C19H24N4OS/c1-5-12-24-17-8-6-16(7-9-17)10-11-21-19(20-4)22-13-18-23-14(2)15(3)25-18/h1,6-9H,10-13H2,2-4H3,(H2,20,21,22). The van der Waals surface area contributed by atoms with E-state index in [9.17, 15) is 0 Å².